The van der Waals surface area contributed by atoms with Crippen LogP contribution in [0.3, 0.4) is 0 Å². The topological polar surface area (TPSA) is 35.5 Å². The number of esters is 1. The molecule has 1 fully saturated rings. The molecule has 0 aliphatic carbocycles. The summed E-state index contributed by atoms with van der Waals surface area (Å²) in [5, 5.41) is 0. The lowest BCUT2D eigenvalue weighted by Crippen LogP contribution is -2.00. The second-order valence-electron chi connectivity index (χ2n) is 2.48. The Morgan fingerprint density at radius 1 is 1.33 bits per heavy atom. The molecule has 1 aliphatic rings. The smallest absolute Gasteiger partial charge is 0.305 e. The van der Waals surface area contributed by atoms with Gasteiger partial charge in [0.25, 0.3) is 0 Å². The highest BCUT2D eigenvalue weighted by Crippen LogP contribution is 1.98. The van der Waals surface area contributed by atoms with E-state index in [0.29, 0.717) is 13.0 Å². The average Bonchev–Trinajstić information content (AvgIpc) is 2.62. The summed E-state index contributed by atoms with van der Waals surface area (Å²) in [6.07, 6.45) is 3.04. The minimum absolute atomic E-state index is 0.123. The number of ether oxygens (including phenoxy) is 2. The number of hydrogen-bond acceptors (Lipinski definition) is 3. The molecule has 0 aromatic heterocycles. The molecule has 0 saturated carbocycles. The van der Waals surface area contributed by atoms with Crippen molar-refractivity contribution in [3.05, 3.63) is 0 Å². The van der Waals surface area contributed by atoms with Crippen LogP contribution >= 0.6 is 0 Å². The van der Waals surface area contributed by atoms with Crippen LogP contribution in [0.4, 0.5) is 0 Å². The van der Waals surface area contributed by atoms with Gasteiger partial charge in [0, 0.05) is 19.6 Å². The summed E-state index contributed by atoms with van der Waals surface area (Å²) in [6, 6.07) is 0. The molecule has 0 amide bonds. The lowest BCUT2D eigenvalue weighted by Gasteiger charge is -1.93. The Kier molecular flexibility index (Phi) is 8.12. The van der Waals surface area contributed by atoms with Crippen molar-refractivity contribution in [1.82, 2.24) is 0 Å². The largest absolute Gasteiger partial charge is 0.466 e. The predicted molar refractivity (Wildman–Crippen MR) is 47.0 cm³/mol. The average molecular weight is 174 g/mol. The maximum atomic E-state index is 10.2. The van der Waals surface area contributed by atoms with Crippen molar-refractivity contribution < 1.29 is 14.3 Å². The lowest BCUT2D eigenvalue weighted by molar-refractivity contribution is -0.142. The summed E-state index contributed by atoms with van der Waals surface area (Å²) < 4.78 is 9.50. The third-order valence-electron chi connectivity index (χ3n) is 1.42. The van der Waals surface area contributed by atoms with Gasteiger partial charge in [0.15, 0.2) is 0 Å². The molecule has 0 spiro atoms. The molecule has 3 nitrogen and oxygen atoms in total. The van der Waals surface area contributed by atoms with E-state index in [4.69, 9.17) is 4.74 Å². The van der Waals surface area contributed by atoms with Crippen LogP contribution in [0, 0.1) is 0 Å². The Morgan fingerprint density at radius 2 is 1.92 bits per heavy atom. The van der Waals surface area contributed by atoms with Gasteiger partial charge in [-0.15, -0.1) is 0 Å². The molecule has 0 atom stereocenters. The second kappa shape index (κ2) is 8.53. The summed E-state index contributed by atoms with van der Waals surface area (Å²) in [7, 11) is 0. The van der Waals surface area contributed by atoms with Gasteiger partial charge in [0.1, 0.15) is 0 Å². The zero-order chi connectivity index (χ0) is 9.23. The van der Waals surface area contributed by atoms with E-state index < -0.39 is 0 Å². The molecule has 0 aromatic carbocycles. The number of carbonyl (C=O) groups excluding carboxylic acids is 1. The van der Waals surface area contributed by atoms with Crippen molar-refractivity contribution in [2.45, 2.75) is 33.1 Å². The first-order chi connectivity index (χ1) is 5.81. The van der Waals surface area contributed by atoms with Crippen molar-refractivity contribution in [2.24, 2.45) is 0 Å². The molecule has 0 radical (unpaired) electrons. The Balaban J connectivity index is 0.000000211. The van der Waals surface area contributed by atoms with Gasteiger partial charge in [-0.25, -0.2) is 0 Å². The molecule has 0 N–H and O–H groups in total. The van der Waals surface area contributed by atoms with Crippen LogP contribution in [0.25, 0.3) is 0 Å². The molecule has 1 rings (SSSR count). The van der Waals surface area contributed by atoms with Crippen LogP contribution in [0.2, 0.25) is 0 Å². The van der Waals surface area contributed by atoms with Gasteiger partial charge >= 0.3 is 5.97 Å². The van der Waals surface area contributed by atoms with Gasteiger partial charge in [-0.05, 0) is 19.8 Å². The number of hydrogen-bond donors (Lipinski definition) is 0. The first kappa shape index (κ1) is 11.4. The van der Waals surface area contributed by atoms with Crippen LogP contribution in [0.5, 0.6) is 0 Å². The molecule has 0 unspecified atom stereocenters. The van der Waals surface area contributed by atoms with E-state index in [9.17, 15) is 4.79 Å². The van der Waals surface area contributed by atoms with E-state index in [1.165, 1.54) is 12.8 Å². The van der Waals surface area contributed by atoms with E-state index in [1.54, 1.807) is 13.8 Å². The SMILES string of the molecule is C1CCOC1.CCOC(=O)CC. The maximum absolute atomic E-state index is 10.2. The molecule has 0 bridgehead atoms. The summed E-state index contributed by atoms with van der Waals surface area (Å²) in [6.45, 7) is 6.07. The van der Waals surface area contributed by atoms with E-state index in [0.717, 1.165) is 13.2 Å². The fraction of sp³-hybridized carbons (Fsp3) is 0.889. The van der Waals surface area contributed by atoms with E-state index in [1.807, 2.05) is 0 Å². The Morgan fingerprint density at radius 3 is 2.08 bits per heavy atom. The molecule has 3 heteroatoms. The maximum Gasteiger partial charge on any atom is 0.305 e. The third kappa shape index (κ3) is 7.54. The fourth-order valence-corrected chi connectivity index (χ4v) is 0.773. The van der Waals surface area contributed by atoms with Gasteiger partial charge in [-0.2, -0.15) is 0 Å². The van der Waals surface area contributed by atoms with Crippen LogP contribution < -0.4 is 0 Å². The van der Waals surface area contributed by atoms with Gasteiger partial charge in [-0.1, -0.05) is 6.92 Å². The zero-order valence-electron chi connectivity index (χ0n) is 7.97. The zero-order valence-corrected chi connectivity index (χ0v) is 7.97. The van der Waals surface area contributed by atoms with E-state index in [2.05, 4.69) is 4.74 Å². The quantitative estimate of drug-likeness (QED) is 0.598. The molecule has 1 heterocycles. The molecule has 72 valence electrons. The minimum atomic E-state index is -0.123. The van der Waals surface area contributed by atoms with E-state index in [-0.39, 0.29) is 5.97 Å². The van der Waals surface area contributed by atoms with E-state index >= 15 is 0 Å². The summed E-state index contributed by atoms with van der Waals surface area (Å²) in [4.78, 5) is 10.2. The fourth-order valence-electron chi connectivity index (χ4n) is 0.773. The number of rotatable bonds is 2. The second-order valence-corrected chi connectivity index (χ2v) is 2.48. The van der Waals surface area contributed by atoms with Crippen LogP contribution in [-0.4, -0.2) is 25.8 Å². The van der Waals surface area contributed by atoms with Crippen molar-refractivity contribution in [2.75, 3.05) is 19.8 Å². The number of carbonyl (C=O) groups is 1. The third-order valence-corrected chi connectivity index (χ3v) is 1.42. The Labute approximate surface area is 74.0 Å². The standard InChI is InChI=1S/C5H10O2.C4H8O/c1-3-5(6)7-4-2;1-2-4-5-3-1/h3-4H2,1-2H3;1-4H2. The van der Waals surface area contributed by atoms with Crippen molar-refractivity contribution in [3.63, 3.8) is 0 Å². The van der Waals surface area contributed by atoms with Gasteiger partial charge < -0.3 is 9.47 Å². The summed E-state index contributed by atoms with van der Waals surface area (Å²) >= 11 is 0. The lowest BCUT2D eigenvalue weighted by atomic mass is 10.4. The monoisotopic (exact) mass is 174 g/mol. The highest BCUT2D eigenvalue weighted by molar-refractivity contribution is 5.68. The molecule has 12 heavy (non-hydrogen) atoms. The predicted octanol–water partition coefficient (Wildman–Crippen LogP) is 1.76. The minimum Gasteiger partial charge on any atom is -0.466 e. The highest BCUT2D eigenvalue weighted by Gasteiger charge is 1.94. The summed E-state index contributed by atoms with van der Waals surface area (Å²) in [5.41, 5.74) is 0. The Hall–Kier alpha value is -0.570. The molecule has 1 saturated heterocycles. The van der Waals surface area contributed by atoms with Crippen LogP contribution in [0.15, 0.2) is 0 Å². The first-order valence-electron chi connectivity index (χ1n) is 4.54. The molecular formula is C9H18O3. The molecule has 1 aliphatic heterocycles. The van der Waals surface area contributed by atoms with Crippen molar-refractivity contribution in [3.8, 4) is 0 Å². The van der Waals surface area contributed by atoms with Crippen LogP contribution in [-0.2, 0) is 14.3 Å². The highest BCUT2D eigenvalue weighted by atomic mass is 16.5. The molecule has 0 aromatic rings. The van der Waals surface area contributed by atoms with Gasteiger partial charge in [0.05, 0.1) is 6.61 Å². The van der Waals surface area contributed by atoms with Crippen LogP contribution in [0.1, 0.15) is 33.1 Å². The normalized spacial score (nSPS) is 14.8. The van der Waals surface area contributed by atoms with Crippen molar-refractivity contribution >= 4 is 5.97 Å². The first-order valence-corrected chi connectivity index (χ1v) is 4.54. The van der Waals surface area contributed by atoms with Gasteiger partial charge in [-0.3, -0.25) is 4.79 Å². The van der Waals surface area contributed by atoms with Gasteiger partial charge in [0.2, 0.25) is 0 Å². The summed E-state index contributed by atoms with van der Waals surface area (Å²) in [5.74, 6) is -0.123. The van der Waals surface area contributed by atoms with Crippen molar-refractivity contribution in [1.29, 1.82) is 0 Å². The molecular weight excluding hydrogens is 156 g/mol. The Bertz CT molecular complexity index is 101.